The van der Waals surface area contributed by atoms with Crippen LogP contribution in [0.3, 0.4) is 0 Å². The minimum atomic E-state index is 0.246. The highest BCUT2D eigenvalue weighted by atomic mass is 16.2. The quantitative estimate of drug-likeness (QED) is 0.853. The number of benzene rings is 1. The van der Waals surface area contributed by atoms with Crippen molar-refractivity contribution < 1.29 is 4.79 Å². The second-order valence-corrected chi connectivity index (χ2v) is 5.84. The predicted molar refractivity (Wildman–Crippen MR) is 85.2 cm³/mol. The zero-order chi connectivity index (χ0) is 15.4. The first-order valence-corrected chi connectivity index (χ1v) is 8.03. The lowest BCUT2D eigenvalue weighted by Gasteiger charge is -2.16. The van der Waals surface area contributed by atoms with Gasteiger partial charge in [0.05, 0.1) is 12.2 Å². The van der Waals surface area contributed by atoms with Gasteiger partial charge in [-0.1, -0.05) is 48.9 Å². The molecule has 0 N–H and O–H groups in total. The van der Waals surface area contributed by atoms with Gasteiger partial charge in [-0.25, -0.2) is 4.68 Å². The number of unbranched alkanes of at least 4 members (excludes halogenated alkanes) is 1. The molecule has 5 nitrogen and oxygen atoms in total. The Balaban J connectivity index is 1.64. The highest BCUT2D eigenvalue weighted by Crippen LogP contribution is 2.24. The monoisotopic (exact) mass is 298 g/mol. The molecule has 2 heterocycles. The summed E-state index contributed by atoms with van der Waals surface area (Å²) in [4.78, 5) is 14.1. The van der Waals surface area contributed by atoms with Gasteiger partial charge in [0.15, 0.2) is 0 Å². The second-order valence-electron chi connectivity index (χ2n) is 5.84. The average molecular weight is 298 g/mol. The summed E-state index contributed by atoms with van der Waals surface area (Å²) in [5.41, 5.74) is 1.96. The molecular formula is C17H22N4O. The Morgan fingerprint density at radius 3 is 2.91 bits per heavy atom. The van der Waals surface area contributed by atoms with Crippen LogP contribution in [0.4, 0.5) is 0 Å². The lowest BCUT2D eigenvalue weighted by Crippen LogP contribution is -2.28. The number of amides is 1. The Labute approximate surface area is 130 Å². The van der Waals surface area contributed by atoms with E-state index in [2.05, 4.69) is 17.2 Å². The van der Waals surface area contributed by atoms with E-state index in [0.717, 1.165) is 43.6 Å². The fourth-order valence-electron chi connectivity index (χ4n) is 2.87. The van der Waals surface area contributed by atoms with Crippen molar-refractivity contribution >= 4 is 5.91 Å². The highest BCUT2D eigenvalue weighted by molar-refractivity contribution is 5.76. The van der Waals surface area contributed by atoms with Crippen LogP contribution in [0.5, 0.6) is 0 Å². The molecule has 1 unspecified atom stereocenters. The van der Waals surface area contributed by atoms with E-state index in [1.165, 1.54) is 0 Å². The molecule has 5 heteroatoms. The van der Waals surface area contributed by atoms with Crippen LogP contribution in [-0.2, 0) is 4.79 Å². The molecule has 0 spiro atoms. The van der Waals surface area contributed by atoms with Crippen molar-refractivity contribution in [2.75, 3.05) is 13.1 Å². The summed E-state index contributed by atoms with van der Waals surface area (Å²) in [6.45, 7) is 3.69. The number of carbonyl (C=O) groups excluding carboxylic acids is 1. The molecule has 0 saturated carbocycles. The number of rotatable bonds is 5. The van der Waals surface area contributed by atoms with Crippen LogP contribution in [-0.4, -0.2) is 38.9 Å². The summed E-state index contributed by atoms with van der Waals surface area (Å²) in [6.07, 6.45) is 5.64. The Kier molecular flexibility index (Phi) is 4.51. The Morgan fingerprint density at radius 1 is 1.32 bits per heavy atom. The van der Waals surface area contributed by atoms with E-state index in [0.29, 0.717) is 6.42 Å². The van der Waals surface area contributed by atoms with Crippen LogP contribution in [0.2, 0.25) is 0 Å². The fraction of sp³-hybridized carbons (Fsp3) is 0.471. The Morgan fingerprint density at radius 2 is 2.14 bits per heavy atom. The molecule has 2 aromatic rings. The molecule has 1 saturated heterocycles. The molecule has 1 aliphatic heterocycles. The third-order valence-corrected chi connectivity index (χ3v) is 4.21. The lowest BCUT2D eigenvalue weighted by molar-refractivity contribution is -0.130. The number of aromatic nitrogens is 3. The first kappa shape index (κ1) is 14.8. The summed E-state index contributed by atoms with van der Waals surface area (Å²) < 4.78 is 1.91. The molecule has 0 aliphatic carbocycles. The molecule has 1 atom stereocenters. The molecule has 1 aromatic heterocycles. The SMILES string of the molecule is CCCCC(=O)N1CCC(n2cc(-c3ccccc3)nn2)C1. The fourth-order valence-corrected chi connectivity index (χ4v) is 2.87. The van der Waals surface area contributed by atoms with Crippen LogP contribution in [0.15, 0.2) is 36.5 Å². The van der Waals surface area contributed by atoms with Crippen LogP contribution in [0, 0.1) is 0 Å². The van der Waals surface area contributed by atoms with Gasteiger partial charge in [-0.05, 0) is 12.8 Å². The summed E-state index contributed by atoms with van der Waals surface area (Å²) in [6, 6.07) is 10.3. The number of hydrogen-bond donors (Lipinski definition) is 0. The van der Waals surface area contributed by atoms with Crippen LogP contribution in [0.25, 0.3) is 11.3 Å². The van der Waals surface area contributed by atoms with Crippen molar-refractivity contribution in [3.63, 3.8) is 0 Å². The van der Waals surface area contributed by atoms with E-state index in [1.54, 1.807) is 0 Å². The van der Waals surface area contributed by atoms with E-state index in [-0.39, 0.29) is 11.9 Å². The predicted octanol–water partition coefficient (Wildman–Crippen LogP) is 2.91. The Hall–Kier alpha value is -2.17. The first-order chi connectivity index (χ1) is 10.8. The van der Waals surface area contributed by atoms with Gasteiger partial charge in [0.1, 0.15) is 5.69 Å². The van der Waals surface area contributed by atoms with Crippen molar-refractivity contribution in [1.29, 1.82) is 0 Å². The first-order valence-electron chi connectivity index (χ1n) is 8.03. The summed E-state index contributed by atoms with van der Waals surface area (Å²) >= 11 is 0. The molecule has 1 amide bonds. The maximum absolute atomic E-state index is 12.1. The number of nitrogens with zero attached hydrogens (tertiary/aromatic N) is 4. The van der Waals surface area contributed by atoms with Gasteiger partial charge in [-0.2, -0.15) is 0 Å². The van der Waals surface area contributed by atoms with E-state index in [4.69, 9.17) is 0 Å². The Bertz CT molecular complexity index is 623. The lowest BCUT2D eigenvalue weighted by atomic mass is 10.2. The minimum Gasteiger partial charge on any atom is -0.340 e. The van der Waals surface area contributed by atoms with E-state index < -0.39 is 0 Å². The zero-order valence-corrected chi connectivity index (χ0v) is 13.0. The maximum Gasteiger partial charge on any atom is 0.222 e. The molecule has 22 heavy (non-hydrogen) atoms. The van der Waals surface area contributed by atoms with E-state index in [1.807, 2.05) is 46.1 Å². The van der Waals surface area contributed by atoms with Gasteiger partial charge in [0.2, 0.25) is 5.91 Å². The smallest absolute Gasteiger partial charge is 0.222 e. The summed E-state index contributed by atoms with van der Waals surface area (Å²) in [7, 11) is 0. The van der Waals surface area contributed by atoms with Crippen molar-refractivity contribution in [3.8, 4) is 11.3 Å². The molecule has 0 radical (unpaired) electrons. The maximum atomic E-state index is 12.1. The van der Waals surface area contributed by atoms with E-state index >= 15 is 0 Å². The molecule has 116 valence electrons. The third-order valence-electron chi connectivity index (χ3n) is 4.21. The van der Waals surface area contributed by atoms with Crippen LogP contribution >= 0.6 is 0 Å². The summed E-state index contributed by atoms with van der Waals surface area (Å²) in [5.74, 6) is 0.271. The van der Waals surface area contributed by atoms with Crippen molar-refractivity contribution in [3.05, 3.63) is 36.5 Å². The van der Waals surface area contributed by atoms with Crippen molar-refractivity contribution in [2.24, 2.45) is 0 Å². The molecular weight excluding hydrogens is 276 g/mol. The molecule has 0 bridgehead atoms. The number of hydrogen-bond acceptors (Lipinski definition) is 3. The molecule has 3 rings (SSSR count). The van der Waals surface area contributed by atoms with E-state index in [9.17, 15) is 4.79 Å². The molecule has 1 fully saturated rings. The average Bonchev–Trinajstić information content (AvgIpc) is 3.22. The standard InChI is InChI=1S/C17H22N4O/c1-2-3-9-17(22)20-11-10-15(12-20)21-13-16(18-19-21)14-7-5-4-6-8-14/h4-8,13,15H,2-3,9-12H2,1H3. The number of likely N-dealkylation sites (tertiary alicyclic amines) is 1. The molecule has 1 aromatic carbocycles. The third kappa shape index (κ3) is 3.18. The van der Waals surface area contributed by atoms with Crippen LogP contribution in [0.1, 0.15) is 38.6 Å². The largest absolute Gasteiger partial charge is 0.340 e. The van der Waals surface area contributed by atoms with Crippen LogP contribution < -0.4 is 0 Å². The van der Waals surface area contributed by atoms with Crippen molar-refractivity contribution in [2.45, 2.75) is 38.6 Å². The molecule has 1 aliphatic rings. The van der Waals surface area contributed by atoms with Gasteiger partial charge >= 0.3 is 0 Å². The van der Waals surface area contributed by atoms with Crippen molar-refractivity contribution in [1.82, 2.24) is 19.9 Å². The minimum absolute atomic E-state index is 0.246. The van der Waals surface area contributed by atoms with Gasteiger partial charge in [0, 0.05) is 25.1 Å². The van der Waals surface area contributed by atoms with Gasteiger partial charge < -0.3 is 4.90 Å². The topological polar surface area (TPSA) is 51.0 Å². The normalized spacial score (nSPS) is 17.9. The number of carbonyl (C=O) groups is 1. The van der Waals surface area contributed by atoms with Gasteiger partial charge in [-0.3, -0.25) is 4.79 Å². The zero-order valence-electron chi connectivity index (χ0n) is 13.0. The highest BCUT2D eigenvalue weighted by Gasteiger charge is 2.27. The second kappa shape index (κ2) is 6.73. The summed E-state index contributed by atoms with van der Waals surface area (Å²) in [5, 5.41) is 8.52. The van der Waals surface area contributed by atoms with Gasteiger partial charge in [0.25, 0.3) is 0 Å². The van der Waals surface area contributed by atoms with Gasteiger partial charge in [-0.15, -0.1) is 5.10 Å².